The molecule has 3 amide bonds. The minimum Gasteiger partial charge on any atom is -0.308 e. The molecule has 162 valence electrons. The summed E-state index contributed by atoms with van der Waals surface area (Å²) in [5.41, 5.74) is 2.26. The smallest absolute Gasteiger partial charge is 0.259 e. The molecule has 0 aliphatic carbocycles. The van der Waals surface area contributed by atoms with E-state index in [1.807, 2.05) is 18.2 Å². The highest BCUT2D eigenvalue weighted by atomic mass is 19.1. The van der Waals surface area contributed by atoms with Crippen molar-refractivity contribution in [1.29, 1.82) is 0 Å². The molecule has 0 radical (unpaired) electrons. The zero-order chi connectivity index (χ0) is 22.4. The maximum absolute atomic E-state index is 13.9. The van der Waals surface area contributed by atoms with Crippen molar-refractivity contribution in [3.63, 3.8) is 0 Å². The second-order valence-electron chi connectivity index (χ2n) is 7.95. The molecule has 2 heterocycles. The Hall–Kier alpha value is -3.65. The molecule has 0 bridgehead atoms. The number of halogens is 2. The van der Waals surface area contributed by atoms with E-state index in [4.69, 9.17) is 0 Å². The largest absolute Gasteiger partial charge is 0.308 e. The number of carbonyl (C=O) groups excluding carboxylic acids is 3. The Bertz CT molecular complexity index is 1290. The van der Waals surface area contributed by atoms with Crippen molar-refractivity contribution in [2.45, 2.75) is 32.0 Å². The molecule has 1 unspecified atom stereocenters. The van der Waals surface area contributed by atoms with E-state index in [9.17, 15) is 23.2 Å². The number of nitrogens with zero attached hydrogens (tertiary/aromatic N) is 1. The van der Waals surface area contributed by atoms with Crippen molar-refractivity contribution < 1.29 is 23.2 Å². The Morgan fingerprint density at radius 3 is 2.62 bits per heavy atom. The van der Waals surface area contributed by atoms with Crippen LogP contribution in [0.5, 0.6) is 0 Å². The summed E-state index contributed by atoms with van der Waals surface area (Å²) >= 11 is 0. The molecule has 3 aromatic carbocycles. The molecule has 6 nitrogen and oxygen atoms in total. The van der Waals surface area contributed by atoms with Gasteiger partial charge in [0.2, 0.25) is 11.8 Å². The van der Waals surface area contributed by atoms with E-state index >= 15 is 0 Å². The van der Waals surface area contributed by atoms with E-state index in [2.05, 4.69) is 10.6 Å². The first-order chi connectivity index (χ1) is 15.4. The standard InChI is InChI=1S/C24H19F2N3O3/c25-15-5-7-18(26)14(10-15)12-27-11-13-4-6-17-22-16(13)2-1-3-19(22)29(24(17)32)20-8-9-21(30)28-23(20)31/h1-7,10,20,27H,8-9,11-12H2,(H,28,30,31). The van der Waals surface area contributed by atoms with Crippen molar-refractivity contribution >= 4 is 34.2 Å². The fraction of sp³-hybridized carbons (Fsp3) is 0.208. The lowest BCUT2D eigenvalue weighted by Gasteiger charge is -2.30. The van der Waals surface area contributed by atoms with E-state index in [-0.39, 0.29) is 36.8 Å². The predicted molar refractivity (Wildman–Crippen MR) is 114 cm³/mol. The molecule has 2 aliphatic rings. The lowest BCUT2D eigenvalue weighted by Crippen LogP contribution is -2.53. The Kier molecular flexibility index (Phi) is 4.94. The third kappa shape index (κ3) is 3.33. The first-order valence-corrected chi connectivity index (χ1v) is 10.3. The summed E-state index contributed by atoms with van der Waals surface area (Å²) in [4.78, 5) is 38.6. The van der Waals surface area contributed by atoms with Gasteiger partial charge in [-0.25, -0.2) is 8.78 Å². The zero-order valence-corrected chi connectivity index (χ0v) is 17.0. The summed E-state index contributed by atoms with van der Waals surface area (Å²) in [7, 11) is 0. The first-order valence-electron chi connectivity index (χ1n) is 10.3. The third-order valence-electron chi connectivity index (χ3n) is 5.98. The molecule has 0 saturated carbocycles. The van der Waals surface area contributed by atoms with Crippen LogP contribution in [0, 0.1) is 11.6 Å². The molecule has 3 aromatic rings. The summed E-state index contributed by atoms with van der Waals surface area (Å²) in [6, 6.07) is 11.6. The van der Waals surface area contributed by atoms with Gasteiger partial charge in [0, 0.05) is 36.0 Å². The van der Waals surface area contributed by atoms with Crippen LogP contribution >= 0.6 is 0 Å². The number of carbonyl (C=O) groups is 3. The molecule has 0 aromatic heterocycles. The Balaban J connectivity index is 1.44. The molecule has 32 heavy (non-hydrogen) atoms. The van der Waals surface area contributed by atoms with E-state index in [1.165, 1.54) is 4.90 Å². The maximum Gasteiger partial charge on any atom is 0.259 e. The number of imide groups is 1. The number of benzene rings is 3. The Labute approximate surface area is 182 Å². The number of rotatable bonds is 5. The molecule has 2 N–H and O–H groups in total. The molecule has 5 rings (SSSR count). The van der Waals surface area contributed by atoms with Gasteiger partial charge in [-0.2, -0.15) is 0 Å². The van der Waals surface area contributed by atoms with Crippen molar-refractivity contribution in [1.82, 2.24) is 10.6 Å². The van der Waals surface area contributed by atoms with Gasteiger partial charge in [0.05, 0.1) is 5.69 Å². The zero-order valence-electron chi connectivity index (χ0n) is 17.0. The van der Waals surface area contributed by atoms with Gasteiger partial charge in [0.25, 0.3) is 5.91 Å². The second-order valence-corrected chi connectivity index (χ2v) is 7.95. The molecule has 8 heteroatoms. The number of hydrogen-bond acceptors (Lipinski definition) is 4. The fourth-order valence-electron chi connectivity index (χ4n) is 4.47. The van der Waals surface area contributed by atoms with Crippen LogP contribution < -0.4 is 15.5 Å². The van der Waals surface area contributed by atoms with Gasteiger partial charge in [0.15, 0.2) is 0 Å². The average Bonchev–Trinajstić information content (AvgIpc) is 3.05. The summed E-state index contributed by atoms with van der Waals surface area (Å²) in [6.07, 6.45) is 0.451. The van der Waals surface area contributed by atoms with Gasteiger partial charge in [0.1, 0.15) is 17.7 Å². The maximum atomic E-state index is 13.9. The molecular weight excluding hydrogens is 416 g/mol. The third-order valence-corrected chi connectivity index (χ3v) is 5.98. The van der Waals surface area contributed by atoms with E-state index in [1.54, 1.807) is 12.1 Å². The molecule has 1 fully saturated rings. The highest BCUT2D eigenvalue weighted by Gasteiger charge is 2.40. The Morgan fingerprint density at radius 1 is 1.00 bits per heavy atom. The number of anilines is 1. The minimum absolute atomic E-state index is 0.147. The lowest BCUT2D eigenvalue weighted by atomic mass is 10.00. The molecule has 1 atom stereocenters. The highest BCUT2D eigenvalue weighted by molar-refractivity contribution is 6.27. The van der Waals surface area contributed by atoms with Crippen molar-refractivity contribution in [3.05, 3.63) is 76.9 Å². The van der Waals surface area contributed by atoms with Gasteiger partial charge in [-0.05, 0) is 47.7 Å². The topological polar surface area (TPSA) is 78.5 Å². The van der Waals surface area contributed by atoms with Crippen molar-refractivity contribution in [2.24, 2.45) is 0 Å². The summed E-state index contributed by atoms with van der Waals surface area (Å²) in [5.74, 6) is -2.06. The van der Waals surface area contributed by atoms with E-state index in [0.29, 0.717) is 17.8 Å². The van der Waals surface area contributed by atoms with E-state index in [0.717, 1.165) is 34.5 Å². The molecule has 0 spiro atoms. The van der Waals surface area contributed by atoms with Gasteiger partial charge in [-0.3, -0.25) is 24.6 Å². The summed E-state index contributed by atoms with van der Waals surface area (Å²) < 4.78 is 27.3. The van der Waals surface area contributed by atoms with Gasteiger partial charge in [-0.15, -0.1) is 0 Å². The number of amides is 3. The van der Waals surface area contributed by atoms with Crippen LogP contribution in [-0.4, -0.2) is 23.8 Å². The van der Waals surface area contributed by atoms with Crippen molar-refractivity contribution in [3.8, 4) is 0 Å². The number of hydrogen-bond donors (Lipinski definition) is 2. The van der Waals surface area contributed by atoms with Crippen LogP contribution in [0.4, 0.5) is 14.5 Å². The second kappa shape index (κ2) is 7.80. The SMILES string of the molecule is O=C1CCC(N2C(=O)c3ccc(CNCc4cc(F)ccc4F)c4cccc2c34)C(=O)N1. The van der Waals surface area contributed by atoms with Crippen LogP contribution in [-0.2, 0) is 22.7 Å². The highest BCUT2D eigenvalue weighted by Crippen LogP contribution is 2.40. The van der Waals surface area contributed by atoms with Crippen LogP contribution in [0.25, 0.3) is 10.8 Å². The van der Waals surface area contributed by atoms with Crippen molar-refractivity contribution in [2.75, 3.05) is 4.90 Å². The van der Waals surface area contributed by atoms with Gasteiger partial charge in [-0.1, -0.05) is 18.2 Å². The molecule has 2 aliphatic heterocycles. The first kappa shape index (κ1) is 20.3. The van der Waals surface area contributed by atoms with Crippen LogP contribution in [0.2, 0.25) is 0 Å². The minimum atomic E-state index is -0.740. The molecule has 1 saturated heterocycles. The summed E-state index contributed by atoms with van der Waals surface area (Å²) in [5, 5.41) is 7.03. The predicted octanol–water partition coefficient (Wildman–Crippen LogP) is 3.17. The summed E-state index contributed by atoms with van der Waals surface area (Å²) in [6.45, 7) is 0.524. The van der Waals surface area contributed by atoms with E-state index < -0.39 is 23.6 Å². The van der Waals surface area contributed by atoms with Crippen LogP contribution in [0.1, 0.15) is 34.3 Å². The Morgan fingerprint density at radius 2 is 1.81 bits per heavy atom. The monoisotopic (exact) mass is 435 g/mol. The average molecular weight is 435 g/mol. The van der Waals surface area contributed by atoms with Gasteiger partial charge >= 0.3 is 0 Å². The van der Waals surface area contributed by atoms with Gasteiger partial charge < -0.3 is 5.32 Å². The van der Waals surface area contributed by atoms with Crippen LogP contribution in [0.15, 0.2) is 48.5 Å². The quantitative estimate of drug-likeness (QED) is 0.604. The lowest BCUT2D eigenvalue weighted by molar-refractivity contribution is -0.134. The van der Waals surface area contributed by atoms with Crippen LogP contribution in [0.3, 0.4) is 0 Å². The number of piperidine rings is 1. The fourth-order valence-corrected chi connectivity index (χ4v) is 4.47. The molecular formula is C24H19F2N3O3. The number of nitrogens with one attached hydrogen (secondary N) is 2. The normalized spacial score (nSPS) is 17.9.